The minimum atomic E-state index is 0.305. The van der Waals surface area contributed by atoms with Gasteiger partial charge in [0, 0.05) is 6.04 Å². The molecule has 0 aliphatic carbocycles. The van der Waals surface area contributed by atoms with Gasteiger partial charge in [-0.25, -0.2) is 0 Å². The number of hydrogen-bond acceptors (Lipinski definition) is 2. The first kappa shape index (κ1) is 12.6. The lowest BCUT2D eigenvalue weighted by atomic mass is 9.89. The molecular weight excluding hydrogens is 208 g/mol. The zero-order valence-corrected chi connectivity index (χ0v) is 10.8. The molecule has 0 saturated carbocycles. The molecule has 1 aromatic rings. The third-order valence-corrected chi connectivity index (χ3v) is 3.68. The first-order valence-corrected chi connectivity index (χ1v) is 6.81. The lowest BCUT2D eigenvalue weighted by Gasteiger charge is -2.23. The van der Waals surface area contributed by atoms with E-state index in [0.29, 0.717) is 6.04 Å². The molecule has 0 radical (unpaired) electrons. The van der Waals surface area contributed by atoms with Gasteiger partial charge in [0.15, 0.2) is 0 Å². The molecule has 1 aliphatic heterocycles. The van der Waals surface area contributed by atoms with Crippen LogP contribution in [0.25, 0.3) is 0 Å². The van der Waals surface area contributed by atoms with E-state index in [-0.39, 0.29) is 0 Å². The lowest BCUT2D eigenvalue weighted by molar-refractivity contribution is 0.460. The fourth-order valence-corrected chi connectivity index (χ4v) is 2.51. The van der Waals surface area contributed by atoms with E-state index in [0.717, 1.165) is 31.8 Å². The monoisotopic (exact) mass is 232 g/mol. The molecule has 1 aromatic carbocycles. The van der Waals surface area contributed by atoms with E-state index in [9.17, 15) is 0 Å². The molecule has 1 heterocycles. The number of nitrogens with one attached hydrogen (secondary N) is 1. The van der Waals surface area contributed by atoms with Crippen LogP contribution < -0.4 is 11.1 Å². The lowest BCUT2D eigenvalue weighted by Crippen LogP contribution is -2.26. The van der Waals surface area contributed by atoms with Crippen LogP contribution in [-0.2, 0) is 6.42 Å². The van der Waals surface area contributed by atoms with Crippen molar-refractivity contribution < 1.29 is 0 Å². The summed E-state index contributed by atoms with van der Waals surface area (Å²) in [5.74, 6) is 0.763. The summed E-state index contributed by atoms with van der Waals surface area (Å²) in [6.07, 6.45) is 4.73. The second kappa shape index (κ2) is 6.18. The van der Waals surface area contributed by atoms with Gasteiger partial charge in [-0.3, -0.25) is 0 Å². The SMILES string of the molecule is CC(N)CCc1ccc(C2CCNCC2)cc1. The van der Waals surface area contributed by atoms with Crippen LogP contribution in [0.1, 0.15) is 43.2 Å². The smallest absolute Gasteiger partial charge is 0.00136 e. The van der Waals surface area contributed by atoms with Crippen molar-refractivity contribution in [2.24, 2.45) is 5.73 Å². The summed E-state index contributed by atoms with van der Waals surface area (Å²) in [5, 5.41) is 3.41. The maximum Gasteiger partial charge on any atom is 0.00136 e. The molecule has 0 spiro atoms. The van der Waals surface area contributed by atoms with Crippen LogP contribution in [0.5, 0.6) is 0 Å². The molecule has 1 aliphatic rings. The summed E-state index contributed by atoms with van der Waals surface area (Å²) >= 11 is 0. The van der Waals surface area contributed by atoms with Gasteiger partial charge in [-0.15, -0.1) is 0 Å². The van der Waals surface area contributed by atoms with Gasteiger partial charge in [-0.2, -0.15) is 0 Å². The highest BCUT2D eigenvalue weighted by molar-refractivity contribution is 5.26. The van der Waals surface area contributed by atoms with Crippen LogP contribution in [-0.4, -0.2) is 19.1 Å². The molecule has 2 heteroatoms. The molecule has 2 rings (SSSR count). The van der Waals surface area contributed by atoms with Crippen LogP contribution >= 0.6 is 0 Å². The average Bonchev–Trinajstić information content (AvgIpc) is 2.38. The van der Waals surface area contributed by atoms with Gasteiger partial charge < -0.3 is 11.1 Å². The van der Waals surface area contributed by atoms with Crippen molar-refractivity contribution in [1.29, 1.82) is 0 Å². The molecule has 3 N–H and O–H groups in total. The Morgan fingerprint density at radius 3 is 2.47 bits per heavy atom. The number of aryl methyl sites for hydroxylation is 1. The maximum absolute atomic E-state index is 5.78. The van der Waals surface area contributed by atoms with Gasteiger partial charge in [0.25, 0.3) is 0 Å². The summed E-state index contributed by atoms with van der Waals surface area (Å²) in [6, 6.07) is 9.48. The summed E-state index contributed by atoms with van der Waals surface area (Å²) in [4.78, 5) is 0. The molecule has 2 nitrogen and oxygen atoms in total. The second-order valence-electron chi connectivity index (χ2n) is 5.28. The number of piperidine rings is 1. The third-order valence-electron chi connectivity index (χ3n) is 3.68. The first-order chi connectivity index (χ1) is 8.25. The summed E-state index contributed by atoms with van der Waals surface area (Å²) in [7, 11) is 0. The predicted octanol–water partition coefficient (Wildman–Crippen LogP) is 2.43. The van der Waals surface area contributed by atoms with Crippen molar-refractivity contribution in [3.05, 3.63) is 35.4 Å². The van der Waals surface area contributed by atoms with Crippen LogP contribution in [0.3, 0.4) is 0 Å². The van der Waals surface area contributed by atoms with Gasteiger partial charge in [0.2, 0.25) is 0 Å². The number of benzene rings is 1. The largest absolute Gasteiger partial charge is 0.328 e. The molecule has 1 fully saturated rings. The first-order valence-electron chi connectivity index (χ1n) is 6.81. The maximum atomic E-state index is 5.78. The summed E-state index contributed by atoms with van der Waals surface area (Å²) in [5.41, 5.74) is 8.71. The molecular formula is C15H24N2. The Labute approximate surface area is 105 Å². The van der Waals surface area contributed by atoms with E-state index in [1.165, 1.54) is 24.0 Å². The Kier molecular flexibility index (Phi) is 4.57. The van der Waals surface area contributed by atoms with Crippen molar-refractivity contribution in [3.63, 3.8) is 0 Å². The summed E-state index contributed by atoms with van der Waals surface area (Å²) < 4.78 is 0. The zero-order valence-electron chi connectivity index (χ0n) is 10.8. The van der Waals surface area contributed by atoms with Crippen molar-refractivity contribution in [2.75, 3.05) is 13.1 Å². The van der Waals surface area contributed by atoms with E-state index in [2.05, 4.69) is 36.5 Å². The van der Waals surface area contributed by atoms with Crippen molar-refractivity contribution in [1.82, 2.24) is 5.32 Å². The summed E-state index contributed by atoms with van der Waals surface area (Å²) in [6.45, 7) is 4.40. The van der Waals surface area contributed by atoms with Crippen molar-refractivity contribution in [3.8, 4) is 0 Å². The number of rotatable bonds is 4. The molecule has 0 amide bonds. The average molecular weight is 232 g/mol. The van der Waals surface area contributed by atoms with Crippen molar-refractivity contribution >= 4 is 0 Å². The third kappa shape index (κ3) is 3.83. The Hall–Kier alpha value is -0.860. The normalized spacial score (nSPS) is 19.2. The Balaban J connectivity index is 1.92. The number of nitrogens with two attached hydrogens (primary N) is 1. The Morgan fingerprint density at radius 1 is 1.24 bits per heavy atom. The van der Waals surface area contributed by atoms with Gasteiger partial charge >= 0.3 is 0 Å². The Bertz CT molecular complexity index is 323. The van der Waals surface area contributed by atoms with Gasteiger partial charge in [0.1, 0.15) is 0 Å². The van der Waals surface area contributed by atoms with Gasteiger partial charge in [-0.1, -0.05) is 24.3 Å². The van der Waals surface area contributed by atoms with Gasteiger partial charge in [-0.05, 0) is 62.7 Å². The van der Waals surface area contributed by atoms with Crippen LogP contribution in [0.4, 0.5) is 0 Å². The molecule has 1 unspecified atom stereocenters. The molecule has 0 bridgehead atoms. The standard InChI is InChI=1S/C15H24N2/c1-12(16)2-3-13-4-6-14(7-5-13)15-8-10-17-11-9-15/h4-7,12,15,17H,2-3,8-11,16H2,1H3. The topological polar surface area (TPSA) is 38.0 Å². The molecule has 94 valence electrons. The van der Waals surface area contributed by atoms with Crippen LogP contribution in [0, 0.1) is 0 Å². The van der Waals surface area contributed by atoms with Crippen LogP contribution in [0.2, 0.25) is 0 Å². The van der Waals surface area contributed by atoms with Crippen molar-refractivity contribution in [2.45, 2.75) is 44.6 Å². The van der Waals surface area contributed by atoms with Gasteiger partial charge in [0.05, 0.1) is 0 Å². The molecule has 0 aromatic heterocycles. The van der Waals surface area contributed by atoms with E-state index in [4.69, 9.17) is 5.73 Å². The highest BCUT2D eigenvalue weighted by Gasteiger charge is 2.14. The quantitative estimate of drug-likeness (QED) is 0.836. The molecule has 1 atom stereocenters. The minimum Gasteiger partial charge on any atom is -0.328 e. The molecule has 17 heavy (non-hydrogen) atoms. The van der Waals surface area contributed by atoms with E-state index < -0.39 is 0 Å². The highest BCUT2D eigenvalue weighted by atomic mass is 14.9. The fourth-order valence-electron chi connectivity index (χ4n) is 2.51. The second-order valence-corrected chi connectivity index (χ2v) is 5.28. The molecule has 1 saturated heterocycles. The van der Waals surface area contributed by atoms with E-state index in [1.807, 2.05) is 0 Å². The van der Waals surface area contributed by atoms with E-state index >= 15 is 0 Å². The predicted molar refractivity (Wildman–Crippen MR) is 73.3 cm³/mol. The fraction of sp³-hybridized carbons (Fsp3) is 0.600. The van der Waals surface area contributed by atoms with Crippen LogP contribution in [0.15, 0.2) is 24.3 Å². The Morgan fingerprint density at radius 2 is 1.88 bits per heavy atom. The van der Waals surface area contributed by atoms with E-state index in [1.54, 1.807) is 0 Å². The minimum absolute atomic E-state index is 0.305. The zero-order chi connectivity index (χ0) is 12.1. The number of hydrogen-bond donors (Lipinski definition) is 2. The highest BCUT2D eigenvalue weighted by Crippen LogP contribution is 2.25.